The van der Waals surface area contributed by atoms with E-state index in [4.69, 9.17) is 4.74 Å². The fraction of sp³-hybridized carbons (Fsp3) is 0.438. The van der Waals surface area contributed by atoms with Crippen LogP contribution in [0.2, 0.25) is 0 Å². The molecule has 1 heterocycles. The third kappa shape index (κ3) is 3.04. The van der Waals surface area contributed by atoms with Crippen molar-refractivity contribution >= 4 is 23.3 Å². The molecule has 1 saturated carbocycles. The molecule has 0 unspecified atom stereocenters. The zero-order valence-electron chi connectivity index (χ0n) is 12.6. The van der Waals surface area contributed by atoms with Crippen LogP contribution in [0.25, 0.3) is 0 Å². The van der Waals surface area contributed by atoms with Gasteiger partial charge >= 0.3 is 5.97 Å². The van der Waals surface area contributed by atoms with Crippen LogP contribution in [0, 0.1) is 11.7 Å². The van der Waals surface area contributed by atoms with Crippen molar-refractivity contribution in [3.8, 4) is 5.75 Å². The van der Waals surface area contributed by atoms with Gasteiger partial charge in [-0.1, -0.05) is 0 Å². The summed E-state index contributed by atoms with van der Waals surface area (Å²) in [7, 11) is 1.14. The molecule has 7 heteroatoms. The highest BCUT2D eigenvalue weighted by Crippen LogP contribution is 2.36. The lowest BCUT2D eigenvalue weighted by atomic mass is 10.1. The fourth-order valence-electron chi connectivity index (χ4n) is 2.52. The van der Waals surface area contributed by atoms with Crippen molar-refractivity contribution in [3.05, 3.63) is 23.5 Å². The number of hydrogen-bond donors (Lipinski definition) is 0. The first-order valence-electron chi connectivity index (χ1n) is 7.39. The van der Waals surface area contributed by atoms with Gasteiger partial charge in [-0.25, -0.2) is 9.18 Å². The minimum Gasteiger partial charge on any atom is -0.491 e. The topological polar surface area (TPSA) is 72.9 Å². The SMILES string of the molecule is COC(=O)c1cc2c(cc1F)OCCC(=O)N2CC(=O)C1CC1. The summed E-state index contributed by atoms with van der Waals surface area (Å²) in [6.07, 6.45) is 1.75. The second-order valence-corrected chi connectivity index (χ2v) is 5.61. The van der Waals surface area contributed by atoms with Crippen molar-refractivity contribution in [3.63, 3.8) is 0 Å². The van der Waals surface area contributed by atoms with Crippen LogP contribution in [-0.2, 0) is 14.3 Å². The molecule has 3 rings (SSSR count). The van der Waals surface area contributed by atoms with Crippen molar-refractivity contribution in [2.24, 2.45) is 5.92 Å². The van der Waals surface area contributed by atoms with E-state index in [1.807, 2.05) is 0 Å². The Bertz CT molecular complexity index is 683. The van der Waals surface area contributed by atoms with E-state index in [0.29, 0.717) is 0 Å². The zero-order valence-corrected chi connectivity index (χ0v) is 12.6. The molecule has 1 aromatic carbocycles. The highest BCUT2D eigenvalue weighted by molar-refractivity contribution is 6.03. The number of nitrogens with zero attached hydrogens (tertiary/aromatic N) is 1. The van der Waals surface area contributed by atoms with Crippen molar-refractivity contribution in [2.45, 2.75) is 19.3 Å². The number of hydrogen-bond acceptors (Lipinski definition) is 5. The number of carbonyl (C=O) groups excluding carboxylic acids is 3. The van der Waals surface area contributed by atoms with E-state index in [1.165, 1.54) is 11.0 Å². The standard InChI is InChI=1S/C16H16FNO5/c1-22-16(21)10-6-12-14(7-11(10)17)23-5-4-15(20)18(12)8-13(19)9-2-3-9/h6-7,9H,2-5,8H2,1H3. The van der Waals surface area contributed by atoms with Crippen molar-refractivity contribution in [1.29, 1.82) is 0 Å². The van der Waals surface area contributed by atoms with Crippen LogP contribution < -0.4 is 9.64 Å². The molecule has 1 aliphatic heterocycles. The van der Waals surface area contributed by atoms with Crippen molar-refractivity contribution in [1.82, 2.24) is 0 Å². The molecular weight excluding hydrogens is 305 g/mol. The summed E-state index contributed by atoms with van der Waals surface area (Å²) in [4.78, 5) is 37.3. The van der Waals surface area contributed by atoms with Gasteiger partial charge in [-0.2, -0.15) is 0 Å². The first-order valence-corrected chi connectivity index (χ1v) is 7.39. The summed E-state index contributed by atoms with van der Waals surface area (Å²) in [5.41, 5.74) is -0.0725. The maximum Gasteiger partial charge on any atom is 0.340 e. The van der Waals surface area contributed by atoms with Gasteiger partial charge in [0.1, 0.15) is 11.6 Å². The van der Waals surface area contributed by atoms with Gasteiger partial charge in [-0.15, -0.1) is 0 Å². The van der Waals surface area contributed by atoms with Gasteiger partial charge in [0.15, 0.2) is 5.78 Å². The Hall–Kier alpha value is -2.44. The van der Waals surface area contributed by atoms with Gasteiger partial charge < -0.3 is 14.4 Å². The summed E-state index contributed by atoms with van der Waals surface area (Å²) in [5, 5.41) is 0. The maximum absolute atomic E-state index is 14.0. The van der Waals surface area contributed by atoms with Crippen LogP contribution in [0.3, 0.4) is 0 Å². The van der Waals surface area contributed by atoms with E-state index in [-0.39, 0.29) is 54.2 Å². The van der Waals surface area contributed by atoms with Gasteiger partial charge in [0, 0.05) is 12.0 Å². The summed E-state index contributed by atoms with van der Waals surface area (Å²) < 4.78 is 24.0. The number of rotatable bonds is 4. The largest absolute Gasteiger partial charge is 0.491 e. The lowest BCUT2D eigenvalue weighted by Crippen LogP contribution is -2.36. The molecule has 1 aliphatic carbocycles. The third-order valence-electron chi connectivity index (χ3n) is 3.97. The molecule has 122 valence electrons. The highest BCUT2D eigenvalue weighted by Gasteiger charge is 2.34. The maximum atomic E-state index is 14.0. The Kier molecular flexibility index (Phi) is 4.02. The first-order chi connectivity index (χ1) is 11.0. The van der Waals surface area contributed by atoms with Crippen LogP contribution in [0.1, 0.15) is 29.6 Å². The zero-order chi connectivity index (χ0) is 16.6. The second-order valence-electron chi connectivity index (χ2n) is 5.61. The Labute approximate surface area is 132 Å². The molecule has 0 saturated heterocycles. The molecule has 0 aromatic heterocycles. The number of halogens is 1. The van der Waals surface area contributed by atoms with Crippen LogP contribution in [-0.4, -0.2) is 37.9 Å². The molecule has 0 radical (unpaired) electrons. The van der Waals surface area contributed by atoms with Gasteiger partial charge in [0.25, 0.3) is 0 Å². The smallest absolute Gasteiger partial charge is 0.340 e. The fourth-order valence-corrected chi connectivity index (χ4v) is 2.52. The number of esters is 1. The van der Waals surface area contributed by atoms with Crippen molar-refractivity contribution in [2.75, 3.05) is 25.2 Å². The van der Waals surface area contributed by atoms with Gasteiger partial charge in [-0.3, -0.25) is 9.59 Å². The molecule has 0 spiro atoms. The van der Waals surface area contributed by atoms with E-state index in [2.05, 4.69) is 4.74 Å². The lowest BCUT2D eigenvalue weighted by Gasteiger charge is -2.22. The predicted molar refractivity (Wildman–Crippen MR) is 77.9 cm³/mol. The minimum absolute atomic E-state index is 0.00375. The van der Waals surface area contributed by atoms with E-state index in [1.54, 1.807) is 0 Å². The second kappa shape index (κ2) is 5.98. The van der Waals surface area contributed by atoms with E-state index in [9.17, 15) is 18.8 Å². The van der Waals surface area contributed by atoms with Crippen LogP contribution in [0.5, 0.6) is 5.75 Å². The quantitative estimate of drug-likeness (QED) is 0.789. The Morgan fingerprint density at radius 2 is 2.13 bits per heavy atom. The average Bonchev–Trinajstić information content (AvgIpc) is 3.36. The van der Waals surface area contributed by atoms with Gasteiger partial charge in [-0.05, 0) is 18.9 Å². The Balaban J connectivity index is 2.01. The van der Waals surface area contributed by atoms with Gasteiger partial charge in [0.05, 0.1) is 37.9 Å². The van der Waals surface area contributed by atoms with Crippen LogP contribution in [0.4, 0.5) is 10.1 Å². The van der Waals surface area contributed by atoms with E-state index >= 15 is 0 Å². The van der Waals surface area contributed by atoms with E-state index < -0.39 is 11.8 Å². The summed E-state index contributed by atoms with van der Waals surface area (Å²) in [6.45, 7) is 0.00304. The number of anilines is 1. The first kappa shape index (κ1) is 15.5. The number of fused-ring (bicyclic) bond motifs is 1. The normalized spacial score (nSPS) is 17.1. The molecule has 1 fully saturated rings. The lowest BCUT2D eigenvalue weighted by molar-refractivity contribution is -0.123. The summed E-state index contributed by atoms with van der Waals surface area (Å²) in [5.74, 6) is -1.83. The molecule has 1 aromatic rings. The summed E-state index contributed by atoms with van der Waals surface area (Å²) >= 11 is 0. The molecule has 0 N–H and O–H groups in total. The van der Waals surface area contributed by atoms with Crippen molar-refractivity contribution < 1.29 is 28.2 Å². The number of Topliss-reactive ketones (excluding diaryl/α,β-unsaturated/α-hetero) is 1. The molecule has 1 amide bonds. The molecule has 0 atom stereocenters. The summed E-state index contributed by atoms with van der Waals surface area (Å²) in [6, 6.07) is 2.26. The minimum atomic E-state index is -0.851. The predicted octanol–water partition coefficient (Wildman–Crippen LogP) is 1.71. The van der Waals surface area contributed by atoms with Crippen LogP contribution >= 0.6 is 0 Å². The highest BCUT2D eigenvalue weighted by atomic mass is 19.1. The molecule has 2 aliphatic rings. The number of amides is 1. The number of ether oxygens (including phenoxy) is 2. The van der Waals surface area contributed by atoms with E-state index in [0.717, 1.165) is 26.0 Å². The van der Waals surface area contributed by atoms with Gasteiger partial charge in [0.2, 0.25) is 5.91 Å². The Morgan fingerprint density at radius 3 is 2.78 bits per heavy atom. The molecule has 6 nitrogen and oxygen atoms in total. The Morgan fingerprint density at radius 1 is 1.39 bits per heavy atom. The van der Waals surface area contributed by atoms with Crippen LogP contribution in [0.15, 0.2) is 12.1 Å². The molecule has 23 heavy (non-hydrogen) atoms. The third-order valence-corrected chi connectivity index (χ3v) is 3.97. The number of benzene rings is 1. The number of carbonyl (C=O) groups is 3. The average molecular weight is 321 g/mol. The molecular formula is C16H16FNO5. The molecule has 0 bridgehead atoms. The number of methoxy groups -OCH3 is 1. The number of ketones is 1. The monoisotopic (exact) mass is 321 g/mol.